The fraction of sp³-hybridized carbons (Fsp3) is 0.312. The molecule has 0 aliphatic carbocycles. The molecule has 0 unspecified atom stereocenters. The minimum Gasteiger partial charge on any atom is -0.493 e. The maximum Gasteiger partial charge on any atom is 0.377 e. The molecule has 2 aromatic rings. The zero-order valence-corrected chi connectivity index (χ0v) is 13.4. The fourth-order valence-electron chi connectivity index (χ4n) is 1.80. The average molecular weight is 334 g/mol. The summed E-state index contributed by atoms with van der Waals surface area (Å²) >= 11 is 0. The number of rotatable bonds is 8. The summed E-state index contributed by atoms with van der Waals surface area (Å²) in [6.45, 7) is 1.78. The maximum absolute atomic E-state index is 11.6. The van der Waals surface area contributed by atoms with Gasteiger partial charge in [0, 0.05) is 6.07 Å². The van der Waals surface area contributed by atoms with Crippen LogP contribution in [0.3, 0.4) is 0 Å². The fourth-order valence-corrected chi connectivity index (χ4v) is 1.80. The summed E-state index contributed by atoms with van der Waals surface area (Å²) in [7, 11) is 1.55. The van der Waals surface area contributed by atoms with Gasteiger partial charge < -0.3 is 24.1 Å². The van der Waals surface area contributed by atoms with Crippen molar-refractivity contribution in [1.82, 2.24) is 10.5 Å². The zero-order valence-electron chi connectivity index (χ0n) is 13.4. The molecular formula is C16H18N2O6. The number of aromatic nitrogens is 1. The van der Waals surface area contributed by atoms with Gasteiger partial charge in [-0.2, -0.15) is 0 Å². The second-order valence-corrected chi connectivity index (χ2v) is 4.76. The van der Waals surface area contributed by atoms with Crippen LogP contribution in [0.2, 0.25) is 0 Å². The Morgan fingerprint density at radius 1 is 1.25 bits per heavy atom. The Kier molecular flexibility index (Phi) is 6.18. The Hall–Kier alpha value is -3.03. The maximum atomic E-state index is 11.6. The van der Waals surface area contributed by atoms with E-state index in [1.165, 1.54) is 6.07 Å². The van der Waals surface area contributed by atoms with Gasteiger partial charge in [-0.05, 0) is 19.1 Å². The Bertz CT molecular complexity index is 697. The third-order valence-corrected chi connectivity index (χ3v) is 2.91. The highest BCUT2D eigenvalue weighted by molar-refractivity contribution is 5.88. The molecule has 8 nitrogen and oxygen atoms in total. The van der Waals surface area contributed by atoms with Crippen LogP contribution in [0.4, 0.5) is 0 Å². The highest BCUT2D eigenvalue weighted by Gasteiger charge is 2.14. The van der Waals surface area contributed by atoms with Crippen molar-refractivity contribution in [1.29, 1.82) is 0 Å². The predicted molar refractivity (Wildman–Crippen MR) is 83.0 cm³/mol. The van der Waals surface area contributed by atoms with Crippen LogP contribution in [0.15, 0.2) is 34.9 Å². The Labute approximate surface area is 138 Å². The molecule has 24 heavy (non-hydrogen) atoms. The lowest BCUT2D eigenvalue weighted by atomic mass is 10.3. The third-order valence-electron chi connectivity index (χ3n) is 2.91. The lowest BCUT2D eigenvalue weighted by molar-refractivity contribution is -0.124. The van der Waals surface area contributed by atoms with E-state index in [-0.39, 0.29) is 18.9 Å². The van der Waals surface area contributed by atoms with Gasteiger partial charge in [0.2, 0.25) is 5.76 Å². The van der Waals surface area contributed by atoms with Crippen molar-refractivity contribution >= 4 is 11.9 Å². The van der Waals surface area contributed by atoms with Crippen molar-refractivity contribution in [3.8, 4) is 11.5 Å². The first-order valence-corrected chi connectivity index (χ1v) is 7.23. The Balaban J connectivity index is 1.65. The molecule has 1 aromatic carbocycles. The molecule has 0 fully saturated rings. The molecule has 0 radical (unpaired) electrons. The molecule has 0 aliphatic rings. The van der Waals surface area contributed by atoms with Gasteiger partial charge >= 0.3 is 5.97 Å². The molecule has 8 heteroatoms. The van der Waals surface area contributed by atoms with Gasteiger partial charge in [-0.1, -0.05) is 17.3 Å². The number of esters is 1. The molecule has 0 aliphatic heterocycles. The van der Waals surface area contributed by atoms with E-state index in [0.717, 1.165) is 0 Å². The summed E-state index contributed by atoms with van der Waals surface area (Å²) in [5.74, 6) is -0.0273. The molecule has 0 atom stereocenters. The number of ether oxygens (including phenoxy) is 3. The van der Waals surface area contributed by atoms with E-state index in [1.54, 1.807) is 26.2 Å². The first kappa shape index (κ1) is 17.3. The van der Waals surface area contributed by atoms with Crippen LogP contribution in [0.5, 0.6) is 11.5 Å². The SMILES string of the molecule is COc1ccccc1OCCNC(=O)COC(=O)c1cc(C)no1. The third kappa shape index (κ3) is 5.01. The molecule has 1 heterocycles. The van der Waals surface area contributed by atoms with Crippen LogP contribution in [0.1, 0.15) is 16.2 Å². The first-order valence-electron chi connectivity index (χ1n) is 7.23. The predicted octanol–water partition coefficient (Wildman–Crippen LogP) is 1.34. The summed E-state index contributed by atoms with van der Waals surface area (Å²) in [6, 6.07) is 8.63. The quantitative estimate of drug-likeness (QED) is 0.574. The topological polar surface area (TPSA) is 99.9 Å². The molecule has 1 N–H and O–H groups in total. The number of hydrogen-bond acceptors (Lipinski definition) is 7. The standard InChI is InChI=1S/C16H18N2O6/c1-11-9-14(24-18-11)16(20)23-10-15(19)17-7-8-22-13-6-4-3-5-12(13)21-2/h3-6,9H,7-8,10H2,1-2H3,(H,17,19). The van der Waals surface area contributed by atoms with Gasteiger partial charge in [-0.15, -0.1) is 0 Å². The smallest absolute Gasteiger partial charge is 0.377 e. The molecule has 0 saturated carbocycles. The van der Waals surface area contributed by atoms with Crippen LogP contribution in [0.25, 0.3) is 0 Å². The number of methoxy groups -OCH3 is 1. The van der Waals surface area contributed by atoms with E-state index in [2.05, 4.69) is 10.5 Å². The number of nitrogens with one attached hydrogen (secondary N) is 1. The lowest BCUT2D eigenvalue weighted by Crippen LogP contribution is -2.32. The summed E-state index contributed by atoms with van der Waals surface area (Å²) in [5, 5.41) is 6.14. The largest absolute Gasteiger partial charge is 0.493 e. The summed E-state index contributed by atoms with van der Waals surface area (Å²) in [6.07, 6.45) is 0. The number of carbonyl (C=O) groups is 2. The summed E-state index contributed by atoms with van der Waals surface area (Å²) < 4.78 is 20.2. The van der Waals surface area contributed by atoms with Crippen molar-refractivity contribution in [2.45, 2.75) is 6.92 Å². The average Bonchev–Trinajstić information content (AvgIpc) is 3.03. The summed E-state index contributed by atoms with van der Waals surface area (Å²) in [4.78, 5) is 23.2. The van der Waals surface area contributed by atoms with Crippen LogP contribution >= 0.6 is 0 Å². The van der Waals surface area contributed by atoms with E-state index in [4.69, 9.17) is 18.7 Å². The number of amides is 1. The van der Waals surface area contributed by atoms with Gasteiger partial charge in [0.15, 0.2) is 18.1 Å². The van der Waals surface area contributed by atoms with Gasteiger partial charge in [0.1, 0.15) is 6.61 Å². The molecule has 1 aromatic heterocycles. The first-order chi connectivity index (χ1) is 11.6. The molecule has 0 saturated heterocycles. The Morgan fingerprint density at radius 3 is 2.67 bits per heavy atom. The van der Waals surface area contributed by atoms with E-state index >= 15 is 0 Å². The number of carbonyl (C=O) groups excluding carboxylic acids is 2. The van der Waals surface area contributed by atoms with E-state index < -0.39 is 18.5 Å². The van der Waals surface area contributed by atoms with Crippen molar-refractivity contribution < 1.29 is 28.3 Å². The van der Waals surface area contributed by atoms with E-state index in [9.17, 15) is 9.59 Å². The minimum absolute atomic E-state index is 0.0418. The van der Waals surface area contributed by atoms with Crippen molar-refractivity contribution in [3.63, 3.8) is 0 Å². The number of nitrogens with zero attached hydrogens (tertiary/aromatic N) is 1. The Morgan fingerprint density at radius 2 is 2.00 bits per heavy atom. The van der Waals surface area contributed by atoms with Gasteiger partial charge in [0.25, 0.3) is 5.91 Å². The van der Waals surface area contributed by atoms with Crippen molar-refractivity contribution in [3.05, 3.63) is 41.8 Å². The van der Waals surface area contributed by atoms with Gasteiger partial charge in [-0.25, -0.2) is 4.79 Å². The number of benzene rings is 1. The summed E-state index contributed by atoms with van der Waals surface area (Å²) in [5.41, 5.74) is 0.555. The highest BCUT2D eigenvalue weighted by atomic mass is 16.6. The molecule has 128 valence electrons. The van der Waals surface area contributed by atoms with Crippen molar-refractivity contribution in [2.75, 3.05) is 26.9 Å². The molecule has 0 spiro atoms. The second-order valence-electron chi connectivity index (χ2n) is 4.76. The number of hydrogen-bond donors (Lipinski definition) is 1. The zero-order chi connectivity index (χ0) is 17.4. The van der Waals surface area contributed by atoms with Gasteiger partial charge in [-0.3, -0.25) is 4.79 Å². The van der Waals surface area contributed by atoms with E-state index in [1.807, 2.05) is 12.1 Å². The van der Waals surface area contributed by atoms with Crippen LogP contribution in [0, 0.1) is 6.92 Å². The lowest BCUT2D eigenvalue weighted by Gasteiger charge is -2.10. The number of para-hydroxylation sites is 2. The monoisotopic (exact) mass is 334 g/mol. The van der Waals surface area contributed by atoms with Crippen molar-refractivity contribution in [2.24, 2.45) is 0 Å². The molecule has 1 amide bonds. The minimum atomic E-state index is -0.740. The normalized spacial score (nSPS) is 10.1. The van der Waals surface area contributed by atoms with Gasteiger partial charge in [0.05, 0.1) is 19.3 Å². The van der Waals surface area contributed by atoms with Crippen LogP contribution in [-0.2, 0) is 9.53 Å². The van der Waals surface area contributed by atoms with E-state index in [0.29, 0.717) is 17.2 Å². The van der Waals surface area contributed by atoms with Crippen LogP contribution < -0.4 is 14.8 Å². The second kappa shape index (κ2) is 8.56. The molecular weight excluding hydrogens is 316 g/mol. The number of aryl methyl sites for hydroxylation is 1. The highest BCUT2D eigenvalue weighted by Crippen LogP contribution is 2.25. The van der Waals surface area contributed by atoms with Crippen LogP contribution in [-0.4, -0.2) is 43.9 Å². The molecule has 2 rings (SSSR count). The molecule has 0 bridgehead atoms.